The molecule has 1 heteroatoms. The van der Waals surface area contributed by atoms with E-state index in [1.807, 2.05) is 0 Å². The molecule has 0 N–H and O–H groups in total. The summed E-state index contributed by atoms with van der Waals surface area (Å²) >= 11 is 0. The second-order valence-electron chi connectivity index (χ2n) is 4.34. The lowest BCUT2D eigenvalue weighted by atomic mass is 9.76. The van der Waals surface area contributed by atoms with E-state index in [1.165, 1.54) is 11.1 Å². The minimum Gasteiger partial charge on any atom is -0.308 e. The smallest absolute Gasteiger partial charge is 0.0230 e. The summed E-state index contributed by atoms with van der Waals surface area (Å²) in [7, 11) is 4.19. The Hall–Kier alpha value is -0.820. The molecule has 0 aromatic carbocycles. The van der Waals surface area contributed by atoms with E-state index in [-0.39, 0.29) is 5.41 Å². The zero-order chi connectivity index (χ0) is 10.1. The number of rotatable bonds is 2. The average molecular weight is 177 g/mol. The highest BCUT2D eigenvalue weighted by molar-refractivity contribution is 5.42. The summed E-state index contributed by atoms with van der Waals surface area (Å²) in [6, 6.07) is 0. The summed E-state index contributed by atoms with van der Waals surface area (Å²) in [6.07, 6.45) is 6.50. The molecule has 0 aliphatic heterocycles. The van der Waals surface area contributed by atoms with Gasteiger partial charge >= 0.3 is 0 Å². The molecule has 72 valence electrons. The Morgan fingerprint density at radius 1 is 1.46 bits per heavy atom. The molecule has 13 heavy (non-hydrogen) atoms. The third-order valence-corrected chi connectivity index (χ3v) is 2.62. The minimum absolute atomic E-state index is 0.113. The standard InChI is InChI=1S/C12H19N/c1-10-7-6-8-12(3,11(10)2)9-13(4)5/h6-8H,2,9H2,1,3-5H3. The fourth-order valence-corrected chi connectivity index (χ4v) is 1.86. The van der Waals surface area contributed by atoms with Crippen molar-refractivity contribution in [2.24, 2.45) is 5.41 Å². The second kappa shape index (κ2) is 3.51. The molecule has 0 saturated heterocycles. The van der Waals surface area contributed by atoms with Crippen molar-refractivity contribution in [1.82, 2.24) is 4.90 Å². The Kier molecular flexibility index (Phi) is 2.77. The number of nitrogens with zero attached hydrogens (tertiary/aromatic N) is 1. The summed E-state index contributed by atoms with van der Waals surface area (Å²) in [5.74, 6) is 0. The van der Waals surface area contributed by atoms with E-state index in [9.17, 15) is 0 Å². The van der Waals surface area contributed by atoms with Crippen LogP contribution in [0.3, 0.4) is 0 Å². The van der Waals surface area contributed by atoms with Crippen LogP contribution in [0.15, 0.2) is 36.0 Å². The van der Waals surface area contributed by atoms with Gasteiger partial charge in [-0.2, -0.15) is 0 Å². The van der Waals surface area contributed by atoms with Crippen LogP contribution in [0.4, 0.5) is 0 Å². The van der Waals surface area contributed by atoms with Crippen molar-refractivity contribution in [2.75, 3.05) is 20.6 Å². The molecule has 1 atom stereocenters. The van der Waals surface area contributed by atoms with Crippen LogP contribution in [0, 0.1) is 5.41 Å². The molecule has 0 aromatic heterocycles. The van der Waals surface area contributed by atoms with Gasteiger partial charge in [-0.3, -0.25) is 0 Å². The molecule has 0 fully saturated rings. The van der Waals surface area contributed by atoms with Gasteiger partial charge in [-0.25, -0.2) is 0 Å². The second-order valence-corrected chi connectivity index (χ2v) is 4.34. The Balaban J connectivity index is 2.87. The highest BCUT2D eigenvalue weighted by atomic mass is 15.1. The Bertz CT molecular complexity index is 271. The number of allylic oxidation sites excluding steroid dienone is 3. The van der Waals surface area contributed by atoms with E-state index in [1.54, 1.807) is 0 Å². The number of hydrogen-bond donors (Lipinski definition) is 0. The van der Waals surface area contributed by atoms with Gasteiger partial charge in [0.2, 0.25) is 0 Å². The maximum atomic E-state index is 4.16. The van der Waals surface area contributed by atoms with E-state index in [4.69, 9.17) is 0 Å². The van der Waals surface area contributed by atoms with Crippen LogP contribution in [0.25, 0.3) is 0 Å². The van der Waals surface area contributed by atoms with Gasteiger partial charge in [0.05, 0.1) is 0 Å². The van der Waals surface area contributed by atoms with Gasteiger partial charge in [0.25, 0.3) is 0 Å². The summed E-state index contributed by atoms with van der Waals surface area (Å²) in [4.78, 5) is 2.20. The van der Waals surface area contributed by atoms with Crippen LogP contribution in [0.5, 0.6) is 0 Å². The largest absolute Gasteiger partial charge is 0.308 e. The molecule has 0 spiro atoms. The lowest BCUT2D eigenvalue weighted by Gasteiger charge is -2.34. The summed E-state index contributed by atoms with van der Waals surface area (Å²) < 4.78 is 0. The topological polar surface area (TPSA) is 3.24 Å². The monoisotopic (exact) mass is 177 g/mol. The van der Waals surface area contributed by atoms with Crippen LogP contribution in [0.2, 0.25) is 0 Å². The third-order valence-electron chi connectivity index (χ3n) is 2.62. The third kappa shape index (κ3) is 2.10. The quantitative estimate of drug-likeness (QED) is 0.626. The maximum Gasteiger partial charge on any atom is 0.0230 e. The van der Waals surface area contributed by atoms with Gasteiger partial charge in [-0.1, -0.05) is 31.7 Å². The fourth-order valence-electron chi connectivity index (χ4n) is 1.86. The van der Waals surface area contributed by atoms with E-state index in [0.29, 0.717) is 0 Å². The van der Waals surface area contributed by atoms with Crippen molar-refractivity contribution in [3.05, 3.63) is 36.0 Å². The van der Waals surface area contributed by atoms with Crippen LogP contribution in [-0.2, 0) is 0 Å². The molecule has 0 bridgehead atoms. The molecule has 1 aliphatic rings. The molecule has 1 unspecified atom stereocenters. The molecular weight excluding hydrogens is 158 g/mol. The van der Waals surface area contributed by atoms with E-state index in [0.717, 1.165) is 6.54 Å². The van der Waals surface area contributed by atoms with Crippen LogP contribution in [-0.4, -0.2) is 25.5 Å². The first kappa shape index (κ1) is 10.3. The zero-order valence-electron chi connectivity index (χ0n) is 9.09. The molecular formula is C12H19N. The lowest BCUT2D eigenvalue weighted by molar-refractivity contribution is 0.309. The average Bonchev–Trinajstić information content (AvgIpc) is 1.99. The molecule has 1 rings (SSSR count). The van der Waals surface area contributed by atoms with Crippen molar-refractivity contribution < 1.29 is 0 Å². The molecule has 0 radical (unpaired) electrons. The fraction of sp³-hybridized carbons (Fsp3) is 0.500. The van der Waals surface area contributed by atoms with Crippen molar-refractivity contribution in [1.29, 1.82) is 0 Å². The first-order chi connectivity index (χ1) is 5.96. The van der Waals surface area contributed by atoms with Crippen molar-refractivity contribution >= 4 is 0 Å². The van der Waals surface area contributed by atoms with Crippen LogP contribution in [0.1, 0.15) is 13.8 Å². The molecule has 1 aliphatic carbocycles. The van der Waals surface area contributed by atoms with Gasteiger partial charge in [0, 0.05) is 12.0 Å². The molecule has 0 heterocycles. The first-order valence-electron chi connectivity index (χ1n) is 4.66. The highest BCUT2D eigenvalue weighted by Crippen LogP contribution is 2.35. The first-order valence-corrected chi connectivity index (χ1v) is 4.66. The molecule has 0 amide bonds. The van der Waals surface area contributed by atoms with Gasteiger partial charge in [0.15, 0.2) is 0 Å². The van der Waals surface area contributed by atoms with Gasteiger partial charge < -0.3 is 4.90 Å². The van der Waals surface area contributed by atoms with Crippen molar-refractivity contribution in [2.45, 2.75) is 13.8 Å². The normalized spacial score (nSPS) is 28.1. The van der Waals surface area contributed by atoms with Gasteiger partial charge in [-0.15, -0.1) is 0 Å². The highest BCUT2D eigenvalue weighted by Gasteiger charge is 2.27. The summed E-state index contributed by atoms with van der Waals surface area (Å²) in [6.45, 7) is 9.54. The van der Waals surface area contributed by atoms with Gasteiger partial charge in [-0.05, 0) is 32.2 Å². The Labute approximate surface area is 81.4 Å². The Morgan fingerprint density at radius 3 is 2.62 bits per heavy atom. The minimum atomic E-state index is 0.113. The lowest BCUT2D eigenvalue weighted by Crippen LogP contribution is -2.32. The summed E-state index contributed by atoms with van der Waals surface area (Å²) in [5.41, 5.74) is 2.65. The van der Waals surface area contributed by atoms with Crippen molar-refractivity contribution in [3.8, 4) is 0 Å². The van der Waals surface area contributed by atoms with Crippen LogP contribution < -0.4 is 0 Å². The summed E-state index contributed by atoms with van der Waals surface area (Å²) in [5, 5.41) is 0. The molecule has 0 saturated carbocycles. The predicted molar refractivity (Wildman–Crippen MR) is 58.7 cm³/mol. The SMILES string of the molecule is C=C1C(C)=CC=CC1(C)CN(C)C. The van der Waals surface area contributed by atoms with Crippen LogP contribution >= 0.6 is 0 Å². The molecule has 1 nitrogen and oxygen atoms in total. The number of hydrogen-bond acceptors (Lipinski definition) is 1. The predicted octanol–water partition coefficient (Wildman–Crippen LogP) is 2.63. The molecule has 0 aromatic rings. The van der Waals surface area contributed by atoms with E-state index in [2.05, 4.69) is 57.6 Å². The van der Waals surface area contributed by atoms with Crippen molar-refractivity contribution in [3.63, 3.8) is 0 Å². The Morgan fingerprint density at radius 2 is 2.08 bits per heavy atom. The van der Waals surface area contributed by atoms with E-state index < -0.39 is 0 Å². The zero-order valence-corrected chi connectivity index (χ0v) is 9.09. The van der Waals surface area contributed by atoms with E-state index >= 15 is 0 Å². The van der Waals surface area contributed by atoms with Gasteiger partial charge in [0.1, 0.15) is 0 Å². The maximum absolute atomic E-state index is 4.16.